The van der Waals surface area contributed by atoms with Gasteiger partial charge in [0.25, 0.3) is 0 Å². The third-order valence-electron chi connectivity index (χ3n) is 1.29. The minimum atomic E-state index is -1.08. The number of esters is 1. The predicted octanol–water partition coefficient (Wildman–Crippen LogP) is -7.30. The summed E-state index contributed by atoms with van der Waals surface area (Å²) < 4.78 is 4.46. The Morgan fingerprint density at radius 1 is 0.952 bits per heavy atom. The van der Waals surface area contributed by atoms with Crippen molar-refractivity contribution in [3.8, 4) is 5.75 Å². The number of hydrogen-bond donors (Lipinski definition) is 1. The molecule has 0 saturated heterocycles. The largest absolute Gasteiger partial charge is 1.00 e. The van der Waals surface area contributed by atoms with Crippen LogP contribution in [-0.4, -0.2) is 30.1 Å². The van der Waals surface area contributed by atoms with E-state index in [0.29, 0.717) is 5.56 Å². The smallest absolute Gasteiger partial charge is 0.550 e. The van der Waals surface area contributed by atoms with Gasteiger partial charge in [-0.25, -0.2) is 4.79 Å². The van der Waals surface area contributed by atoms with Crippen molar-refractivity contribution in [2.75, 3.05) is 7.11 Å². The summed E-state index contributed by atoms with van der Waals surface area (Å²) in [6.07, 6.45) is 0. The average Bonchev–Trinajstić information content (AvgIpc) is 2.27. The van der Waals surface area contributed by atoms with Crippen LogP contribution in [0, 0.1) is 0 Å². The zero-order valence-electron chi connectivity index (χ0n) is 12.7. The van der Waals surface area contributed by atoms with Gasteiger partial charge in [0, 0.05) is 11.9 Å². The van der Waals surface area contributed by atoms with Gasteiger partial charge in [-0.15, -0.1) is 0 Å². The predicted molar refractivity (Wildman–Crippen MR) is 60.8 cm³/mol. The molecule has 0 atom stereocenters. The molecule has 0 aromatic heterocycles. The summed E-state index contributed by atoms with van der Waals surface area (Å²) in [5.41, 5.74) is 0.435. The van der Waals surface area contributed by atoms with E-state index in [1.54, 1.807) is 0 Å². The third kappa shape index (κ3) is 24.8. The first-order valence-electron chi connectivity index (χ1n) is 4.93. The Kier molecular flexibility index (Phi) is 23.8. The number of rotatable bonds is 1. The number of carbonyl (C=O) groups is 3. The van der Waals surface area contributed by atoms with Gasteiger partial charge in [-0.3, -0.25) is 0 Å². The maximum absolute atomic E-state index is 10.8. The van der Waals surface area contributed by atoms with Crippen LogP contribution in [0.15, 0.2) is 24.3 Å². The van der Waals surface area contributed by atoms with Gasteiger partial charge >= 0.3 is 65.1 Å². The van der Waals surface area contributed by atoms with Crippen molar-refractivity contribution < 1.29 is 93.6 Å². The molecule has 0 heterocycles. The molecule has 0 bridgehead atoms. The number of carboxylic acids is 2. The van der Waals surface area contributed by atoms with Crippen molar-refractivity contribution in [2.45, 2.75) is 13.8 Å². The fraction of sp³-hybridized carbons (Fsp3) is 0.250. The number of aromatic hydroxyl groups is 1. The molecule has 1 aromatic carbocycles. The molecule has 0 aliphatic rings. The van der Waals surface area contributed by atoms with Crippen LogP contribution in [0.4, 0.5) is 0 Å². The molecule has 0 saturated carbocycles. The van der Waals surface area contributed by atoms with Gasteiger partial charge in [0.05, 0.1) is 12.7 Å². The Morgan fingerprint density at radius 2 is 1.24 bits per heavy atom. The first kappa shape index (κ1) is 28.6. The molecule has 0 radical (unpaired) electrons. The Labute approximate surface area is 166 Å². The van der Waals surface area contributed by atoms with Crippen LogP contribution in [0.1, 0.15) is 24.2 Å². The Bertz CT molecular complexity index is 398. The van der Waals surface area contributed by atoms with E-state index in [4.69, 9.17) is 24.9 Å². The number of carbonyl (C=O) groups excluding carboxylic acids is 3. The zero-order valence-corrected chi connectivity index (χ0v) is 16.7. The van der Waals surface area contributed by atoms with Gasteiger partial charge in [0.2, 0.25) is 0 Å². The topological polar surface area (TPSA) is 127 Å². The molecule has 0 amide bonds. The molecule has 1 N–H and O–H groups in total. The van der Waals surface area contributed by atoms with Crippen LogP contribution in [0.3, 0.4) is 0 Å². The van der Waals surface area contributed by atoms with E-state index >= 15 is 0 Å². The average molecular weight is 316 g/mol. The molecule has 0 aliphatic heterocycles. The summed E-state index contributed by atoms with van der Waals surface area (Å²) in [6, 6.07) is 5.88. The normalized spacial score (nSPS) is 7.19. The fourth-order valence-corrected chi connectivity index (χ4v) is 0.715. The molecule has 0 fully saturated rings. The van der Waals surface area contributed by atoms with Gasteiger partial charge in [0.15, 0.2) is 0 Å². The molecule has 0 unspecified atom stereocenters. The number of aliphatic carboxylic acids is 2. The van der Waals surface area contributed by atoms with Crippen LogP contribution in [0.2, 0.25) is 0 Å². The molecule has 106 valence electrons. The van der Waals surface area contributed by atoms with E-state index in [9.17, 15) is 4.79 Å². The second-order valence-corrected chi connectivity index (χ2v) is 3.02. The second-order valence-electron chi connectivity index (χ2n) is 3.02. The summed E-state index contributed by atoms with van der Waals surface area (Å²) in [5.74, 6) is -2.43. The quantitative estimate of drug-likeness (QED) is 0.403. The number of carboxylic acid groups (broad SMARTS) is 2. The summed E-state index contributed by atoms with van der Waals surface area (Å²) in [4.78, 5) is 28.6. The van der Waals surface area contributed by atoms with E-state index in [2.05, 4.69) is 4.74 Å². The van der Waals surface area contributed by atoms with Crippen LogP contribution < -0.4 is 69.3 Å². The fourth-order valence-electron chi connectivity index (χ4n) is 0.715. The van der Waals surface area contributed by atoms with E-state index in [0.717, 1.165) is 13.8 Å². The molecular weight excluding hydrogens is 302 g/mol. The van der Waals surface area contributed by atoms with E-state index in [1.807, 2.05) is 0 Å². The summed E-state index contributed by atoms with van der Waals surface area (Å²) in [7, 11) is 1.31. The van der Waals surface area contributed by atoms with Crippen molar-refractivity contribution in [3.63, 3.8) is 0 Å². The number of phenolic OH excluding ortho intramolecular Hbond substituents is 1. The molecule has 0 aliphatic carbocycles. The van der Waals surface area contributed by atoms with E-state index < -0.39 is 17.9 Å². The van der Waals surface area contributed by atoms with Gasteiger partial charge in [-0.2, -0.15) is 0 Å². The van der Waals surface area contributed by atoms with E-state index in [1.165, 1.54) is 31.4 Å². The van der Waals surface area contributed by atoms with Crippen LogP contribution >= 0.6 is 0 Å². The second kappa shape index (κ2) is 17.5. The monoisotopic (exact) mass is 316 g/mol. The SMILES string of the molecule is CC(=O)[O-].CC(=O)[O-].COC(=O)c1ccc(O)cc1.[Na+].[Na+]. The number of benzene rings is 1. The summed E-state index contributed by atoms with van der Waals surface area (Å²) in [6.45, 7) is 1.94. The van der Waals surface area contributed by atoms with Gasteiger partial charge in [0.1, 0.15) is 5.75 Å². The van der Waals surface area contributed by atoms with Crippen LogP contribution in [0.5, 0.6) is 5.75 Å². The molecule has 0 spiro atoms. The number of phenols is 1. The standard InChI is InChI=1S/C8H8O3.2C2H4O2.2Na/c1-11-8(10)6-2-4-7(9)5-3-6;2*1-2(3)4;;/h2-5,9H,1H3;2*1H3,(H,3,4);;/q;;;2*+1/p-2. The van der Waals surface area contributed by atoms with Crippen molar-refractivity contribution in [1.82, 2.24) is 0 Å². The molecule has 21 heavy (non-hydrogen) atoms. The molecule has 1 rings (SSSR count). The first-order valence-corrected chi connectivity index (χ1v) is 4.93. The maximum atomic E-state index is 10.8. The minimum Gasteiger partial charge on any atom is -0.550 e. The zero-order chi connectivity index (χ0) is 15.4. The first-order chi connectivity index (χ1) is 8.70. The minimum absolute atomic E-state index is 0. The molecule has 9 heteroatoms. The van der Waals surface area contributed by atoms with Gasteiger partial charge in [-0.1, -0.05) is 0 Å². The Balaban J connectivity index is -0.000000123. The van der Waals surface area contributed by atoms with E-state index in [-0.39, 0.29) is 64.9 Å². The maximum Gasteiger partial charge on any atom is 1.00 e. The van der Waals surface area contributed by atoms with Gasteiger partial charge < -0.3 is 29.6 Å². The Morgan fingerprint density at radius 3 is 1.48 bits per heavy atom. The molecule has 1 aromatic rings. The van der Waals surface area contributed by atoms with Crippen molar-refractivity contribution in [2.24, 2.45) is 0 Å². The van der Waals surface area contributed by atoms with Crippen molar-refractivity contribution in [1.29, 1.82) is 0 Å². The van der Waals surface area contributed by atoms with Crippen LogP contribution in [-0.2, 0) is 14.3 Å². The number of hydrogen-bond acceptors (Lipinski definition) is 7. The van der Waals surface area contributed by atoms with Crippen molar-refractivity contribution >= 4 is 17.9 Å². The number of methoxy groups -OCH3 is 1. The number of ether oxygens (including phenoxy) is 1. The van der Waals surface area contributed by atoms with Crippen LogP contribution in [0.25, 0.3) is 0 Å². The Hall–Kier alpha value is -0.570. The van der Waals surface area contributed by atoms with Gasteiger partial charge in [-0.05, 0) is 38.1 Å². The molecular formula is C12H14Na2O7. The molecule has 7 nitrogen and oxygen atoms in total. The summed E-state index contributed by atoms with van der Waals surface area (Å²) >= 11 is 0. The summed E-state index contributed by atoms with van der Waals surface area (Å²) in [5, 5.41) is 26.6. The van der Waals surface area contributed by atoms with Crippen molar-refractivity contribution in [3.05, 3.63) is 29.8 Å². The third-order valence-corrected chi connectivity index (χ3v) is 1.29.